The van der Waals surface area contributed by atoms with Crippen molar-refractivity contribution in [3.05, 3.63) is 24.3 Å². The number of benzene rings is 1. The van der Waals surface area contributed by atoms with Crippen LogP contribution in [0.5, 0.6) is 11.5 Å². The van der Waals surface area contributed by atoms with Crippen molar-refractivity contribution in [2.24, 2.45) is 0 Å². The van der Waals surface area contributed by atoms with Crippen LogP contribution in [0.15, 0.2) is 24.3 Å². The Hall–Kier alpha value is -1.75. The average Bonchev–Trinajstić information content (AvgIpc) is 2.57. The van der Waals surface area contributed by atoms with Crippen LogP contribution in [0.4, 0.5) is 0 Å². The summed E-state index contributed by atoms with van der Waals surface area (Å²) in [5.41, 5.74) is 0. The second-order valence-electron chi connectivity index (χ2n) is 6.06. The van der Waals surface area contributed by atoms with Crippen molar-refractivity contribution >= 4 is 5.91 Å². The molecule has 128 valence electrons. The van der Waals surface area contributed by atoms with Gasteiger partial charge in [0.1, 0.15) is 11.5 Å². The Bertz CT molecular complexity index is 482. The molecule has 0 aliphatic carbocycles. The van der Waals surface area contributed by atoms with E-state index in [9.17, 15) is 4.79 Å². The summed E-state index contributed by atoms with van der Waals surface area (Å²) in [5.74, 6) is 1.40. The number of carbonyl (C=O) groups is 1. The van der Waals surface area contributed by atoms with Crippen LogP contribution in [-0.2, 0) is 4.79 Å². The molecule has 1 amide bonds. The number of carbonyl (C=O) groups excluding carboxylic acids is 1. The molecular formula is C18H28N2O3. The molecule has 1 aliphatic rings. The highest BCUT2D eigenvalue weighted by Gasteiger charge is 2.23. The van der Waals surface area contributed by atoms with Crippen molar-refractivity contribution in [1.29, 1.82) is 0 Å². The first-order chi connectivity index (χ1) is 11.1. The molecule has 1 aliphatic heterocycles. The lowest BCUT2D eigenvalue weighted by Crippen LogP contribution is -2.48. The predicted molar refractivity (Wildman–Crippen MR) is 91.0 cm³/mol. The number of likely N-dealkylation sites (tertiary alicyclic amines) is 1. The molecule has 1 aromatic rings. The summed E-state index contributed by atoms with van der Waals surface area (Å²) in [6.45, 7) is 7.26. The van der Waals surface area contributed by atoms with Gasteiger partial charge in [-0.05, 0) is 57.0 Å². The van der Waals surface area contributed by atoms with Gasteiger partial charge in [-0.3, -0.25) is 4.79 Å². The molecular weight excluding hydrogens is 292 g/mol. The average molecular weight is 320 g/mol. The van der Waals surface area contributed by atoms with Crippen molar-refractivity contribution in [2.45, 2.75) is 45.3 Å². The van der Waals surface area contributed by atoms with E-state index in [1.165, 1.54) is 6.42 Å². The molecule has 1 aromatic carbocycles. The maximum absolute atomic E-state index is 12.3. The smallest absolute Gasteiger partial charge is 0.260 e. The van der Waals surface area contributed by atoms with Gasteiger partial charge in [0.25, 0.3) is 5.91 Å². The van der Waals surface area contributed by atoms with Gasteiger partial charge >= 0.3 is 0 Å². The van der Waals surface area contributed by atoms with Crippen LogP contribution in [-0.4, -0.2) is 49.7 Å². The SMILES string of the molecule is CCCN1CCC(NC(=O)[C@H](C)Oc2ccc(OC)cc2)CC1. The number of piperidine rings is 1. The molecule has 0 aromatic heterocycles. The first kappa shape index (κ1) is 17.6. The zero-order valence-electron chi connectivity index (χ0n) is 14.4. The molecule has 1 saturated heterocycles. The van der Waals surface area contributed by atoms with E-state index in [2.05, 4.69) is 17.1 Å². The maximum atomic E-state index is 12.3. The number of nitrogens with zero attached hydrogens (tertiary/aromatic N) is 1. The topological polar surface area (TPSA) is 50.8 Å². The number of amides is 1. The van der Waals surface area contributed by atoms with Gasteiger partial charge in [-0.15, -0.1) is 0 Å². The number of nitrogens with one attached hydrogen (secondary N) is 1. The Kier molecular flexibility index (Phi) is 6.71. The minimum atomic E-state index is -0.503. The predicted octanol–water partition coefficient (Wildman–Crippen LogP) is 2.45. The largest absolute Gasteiger partial charge is 0.497 e. The van der Waals surface area contributed by atoms with Gasteiger partial charge in [0, 0.05) is 19.1 Å². The Labute approximate surface area is 139 Å². The van der Waals surface area contributed by atoms with Crippen molar-refractivity contribution in [2.75, 3.05) is 26.7 Å². The van der Waals surface area contributed by atoms with Crippen molar-refractivity contribution in [3.63, 3.8) is 0 Å². The van der Waals surface area contributed by atoms with Crippen LogP contribution in [0.25, 0.3) is 0 Å². The van der Waals surface area contributed by atoms with E-state index in [4.69, 9.17) is 9.47 Å². The Balaban J connectivity index is 1.76. The molecule has 0 unspecified atom stereocenters. The van der Waals surface area contributed by atoms with E-state index in [1.54, 1.807) is 14.0 Å². The molecule has 1 fully saturated rings. The fourth-order valence-corrected chi connectivity index (χ4v) is 2.85. The summed E-state index contributed by atoms with van der Waals surface area (Å²) in [4.78, 5) is 14.7. The Morgan fingerprint density at radius 3 is 2.43 bits per heavy atom. The van der Waals surface area contributed by atoms with E-state index in [0.717, 1.165) is 38.2 Å². The van der Waals surface area contributed by atoms with Crippen LogP contribution >= 0.6 is 0 Å². The fraction of sp³-hybridized carbons (Fsp3) is 0.611. The third-order valence-corrected chi connectivity index (χ3v) is 4.22. The Morgan fingerprint density at radius 2 is 1.87 bits per heavy atom. The van der Waals surface area contributed by atoms with E-state index >= 15 is 0 Å². The van der Waals surface area contributed by atoms with Gasteiger partial charge in [-0.25, -0.2) is 0 Å². The molecule has 1 atom stereocenters. The van der Waals surface area contributed by atoms with Crippen LogP contribution in [0.3, 0.4) is 0 Å². The summed E-state index contributed by atoms with van der Waals surface area (Å²) in [5, 5.41) is 3.11. The molecule has 1 N–H and O–H groups in total. The summed E-state index contributed by atoms with van der Waals surface area (Å²) < 4.78 is 10.8. The molecule has 5 heteroatoms. The van der Waals surface area contributed by atoms with Crippen LogP contribution < -0.4 is 14.8 Å². The van der Waals surface area contributed by atoms with Crippen molar-refractivity contribution in [1.82, 2.24) is 10.2 Å². The van der Waals surface area contributed by atoms with Gasteiger partial charge in [-0.1, -0.05) is 6.92 Å². The highest BCUT2D eigenvalue weighted by molar-refractivity contribution is 5.81. The molecule has 0 radical (unpaired) electrons. The summed E-state index contributed by atoms with van der Waals surface area (Å²) >= 11 is 0. The second kappa shape index (κ2) is 8.77. The zero-order valence-corrected chi connectivity index (χ0v) is 14.4. The van der Waals surface area contributed by atoms with Crippen LogP contribution in [0, 0.1) is 0 Å². The van der Waals surface area contributed by atoms with Gasteiger partial charge in [-0.2, -0.15) is 0 Å². The first-order valence-corrected chi connectivity index (χ1v) is 8.45. The minimum absolute atomic E-state index is 0.0465. The van der Waals surface area contributed by atoms with Gasteiger partial charge < -0.3 is 19.7 Å². The number of rotatable bonds is 7. The van der Waals surface area contributed by atoms with E-state index in [1.807, 2.05) is 24.3 Å². The zero-order chi connectivity index (χ0) is 16.7. The fourth-order valence-electron chi connectivity index (χ4n) is 2.85. The third-order valence-electron chi connectivity index (χ3n) is 4.22. The minimum Gasteiger partial charge on any atom is -0.497 e. The second-order valence-corrected chi connectivity index (χ2v) is 6.06. The monoisotopic (exact) mass is 320 g/mol. The lowest BCUT2D eigenvalue weighted by atomic mass is 10.0. The van der Waals surface area contributed by atoms with Crippen LogP contribution in [0.1, 0.15) is 33.1 Å². The Morgan fingerprint density at radius 1 is 1.26 bits per heavy atom. The molecule has 5 nitrogen and oxygen atoms in total. The molecule has 0 saturated carbocycles. The summed E-state index contributed by atoms with van der Waals surface area (Å²) in [6.07, 6.45) is 2.71. The molecule has 0 bridgehead atoms. The van der Waals surface area contributed by atoms with Gasteiger partial charge in [0.15, 0.2) is 6.10 Å². The molecule has 0 spiro atoms. The van der Waals surface area contributed by atoms with Gasteiger partial charge in [0.05, 0.1) is 7.11 Å². The summed E-state index contributed by atoms with van der Waals surface area (Å²) in [6, 6.07) is 7.53. The van der Waals surface area contributed by atoms with E-state index in [-0.39, 0.29) is 11.9 Å². The number of hydrogen-bond donors (Lipinski definition) is 1. The normalized spacial score (nSPS) is 17.5. The lowest BCUT2D eigenvalue weighted by molar-refractivity contribution is -0.128. The first-order valence-electron chi connectivity index (χ1n) is 8.45. The van der Waals surface area contributed by atoms with Gasteiger partial charge in [0.2, 0.25) is 0 Å². The molecule has 23 heavy (non-hydrogen) atoms. The lowest BCUT2D eigenvalue weighted by Gasteiger charge is -2.32. The van der Waals surface area contributed by atoms with Crippen molar-refractivity contribution < 1.29 is 14.3 Å². The molecule has 1 heterocycles. The highest BCUT2D eigenvalue weighted by atomic mass is 16.5. The number of methoxy groups -OCH3 is 1. The van der Waals surface area contributed by atoms with E-state index in [0.29, 0.717) is 5.75 Å². The molecule has 2 rings (SSSR count). The standard InChI is InChI=1S/C18H28N2O3/c1-4-11-20-12-9-15(10-13-20)19-18(21)14(2)23-17-7-5-16(22-3)6-8-17/h5-8,14-15H,4,9-13H2,1-3H3,(H,19,21)/t14-/m0/s1. The third kappa shape index (κ3) is 5.43. The number of hydrogen-bond acceptors (Lipinski definition) is 4. The summed E-state index contributed by atoms with van der Waals surface area (Å²) in [7, 11) is 1.62. The van der Waals surface area contributed by atoms with E-state index < -0.39 is 6.10 Å². The highest BCUT2D eigenvalue weighted by Crippen LogP contribution is 2.18. The maximum Gasteiger partial charge on any atom is 0.260 e. The van der Waals surface area contributed by atoms with Crippen LogP contribution in [0.2, 0.25) is 0 Å². The number of ether oxygens (including phenoxy) is 2. The van der Waals surface area contributed by atoms with Crippen molar-refractivity contribution in [3.8, 4) is 11.5 Å². The quantitative estimate of drug-likeness (QED) is 0.838.